The van der Waals surface area contributed by atoms with Crippen LogP contribution in [-0.4, -0.2) is 36.3 Å². The maximum Gasteiger partial charge on any atom is 0.239 e. The molecule has 1 aliphatic carbocycles. The van der Waals surface area contributed by atoms with Crippen molar-refractivity contribution in [3.05, 3.63) is 12.2 Å². The van der Waals surface area contributed by atoms with Crippen LogP contribution in [0.25, 0.3) is 0 Å². The molecule has 0 aliphatic heterocycles. The van der Waals surface area contributed by atoms with Crippen LogP contribution in [0, 0.1) is 5.92 Å². The van der Waals surface area contributed by atoms with Gasteiger partial charge in [0.15, 0.2) is 0 Å². The normalized spacial score (nSPS) is 18.8. The second kappa shape index (κ2) is 7.09. The number of nitrogens with one attached hydrogen (secondary N) is 1. The summed E-state index contributed by atoms with van der Waals surface area (Å²) in [6.07, 6.45) is 6.86. The molecule has 0 bridgehead atoms. The standard InChI is InChI=1S/C13H22N2O2/c1-3-14-12(16)10-15(4-2)13(17)11-8-6-5-7-9-11/h5-6,11H,3-4,7-10H2,1-2H3,(H,14,16). The molecule has 1 rings (SSSR count). The number of hydrogen-bond acceptors (Lipinski definition) is 2. The minimum Gasteiger partial charge on any atom is -0.355 e. The molecule has 0 spiro atoms. The highest BCUT2D eigenvalue weighted by Crippen LogP contribution is 2.20. The molecule has 4 nitrogen and oxygen atoms in total. The van der Waals surface area contributed by atoms with Gasteiger partial charge in [-0.3, -0.25) is 9.59 Å². The van der Waals surface area contributed by atoms with Crippen LogP contribution in [0.5, 0.6) is 0 Å². The van der Waals surface area contributed by atoms with Gasteiger partial charge in [-0.25, -0.2) is 0 Å². The van der Waals surface area contributed by atoms with Crippen LogP contribution in [0.4, 0.5) is 0 Å². The first-order chi connectivity index (χ1) is 8.19. The van der Waals surface area contributed by atoms with Crippen molar-refractivity contribution in [1.82, 2.24) is 10.2 Å². The summed E-state index contributed by atoms with van der Waals surface area (Å²) in [7, 11) is 0. The maximum absolute atomic E-state index is 12.2. The van der Waals surface area contributed by atoms with Gasteiger partial charge in [0.2, 0.25) is 11.8 Å². The zero-order valence-corrected chi connectivity index (χ0v) is 10.7. The number of likely N-dealkylation sites (N-methyl/N-ethyl adjacent to an activating group) is 2. The van der Waals surface area contributed by atoms with Crippen molar-refractivity contribution in [2.75, 3.05) is 19.6 Å². The molecule has 1 N–H and O–H groups in total. The molecule has 0 fully saturated rings. The van der Waals surface area contributed by atoms with Gasteiger partial charge < -0.3 is 10.2 Å². The topological polar surface area (TPSA) is 49.4 Å². The number of rotatable bonds is 5. The summed E-state index contributed by atoms with van der Waals surface area (Å²) in [5.41, 5.74) is 0. The van der Waals surface area contributed by atoms with E-state index in [9.17, 15) is 9.59 Å². The third kappa shape index (κ3) is 4.21. The van der Waals surface area contributed by atoms with Gasteiger partial charge in [0.25, 0.3) is 0 Å². The average molecular weight is 238 g/mol. The zero-order chi connectivity index (χ0) is 12.7. The highest BCUT2D eigenvalue weighted by molar-refractivity contribution is 5.86. The highest BCUT2D eigenvalue weighted by Gasteiger charge is 2.24. The van der Waals surface area contributed by atoms with E-state index in [1.54, 1.807) is 4.90 Å². The molecule has 0 saturated carbocycles. The third-order valence-corrected chi connectivity index (χ3v) is 3.02. The Morgan fingerprint density at radius 1 is 1.35 bits per heavy atom. The minimum absolute atomic E-state index is 0.0642. The Balaban J connectivity index is 2.51. The van der Waals surface area contributed by atoms with Crippen LogP contribution in [0.15, 0.2) is 12.2 Å². The monoisotopic (exact) mass is 238 g/mol. The number of carbonyl (C=O) groups is 2. The van der Waals surface area contributed by atoms with Crippen molar-refractivity contribution >= 4 is 11.8 Å². The Morgan fingerprint density at radius 3 is 2.65 bits per heavy atom. The molecule has 0 saturated heterocycles. The Bertz CT molecular complexity index is 300. The molecule has 0 radical (unpaired) electrons. The summed E-state index contributed by atoms with van der Waals surface area (Å²) in [5, 5.41) is 2.72. The lowest BCUT2D eigenvalue weighted by Gasteiger charge is -2.26. The second-order valence-corrected chi connectivity index (χ2v) is 4.29. The van der Waals surface area contributed by atoms with E-state index in [1.807, 2.05) is 13.8 Å². The Morgan fingerprint density at radius 2 is 2.12 bits per heavy atom. The van der Waals surface area contributed by atoms with Gasteiger partial charge in [-0.15, -0.1) is 0 Å². The highest BCUT2D eigenvalue weighted by atomic mass is 16.2. The number of hydrogen-bond donors (Lipinski definition) is 1. The van der Waals surface area contributed by atoms with E-state index < -0.39 is 0 Å². The van der Waals surface area contributed by atoms with Crippen LogP contribution in [0.3, 0.4) is 0 Å². The lowest BCUT2D eigenvalue weighted by atomic mass is 9.93. The van der Waals surface area contributed by atoms with Crippen LogP contribution >= 0.6 is 0 Å². The molecule has 4 heteroatoms. The van der Waals surface area contributed by atoms with Gasteiger partial charge in [-0.1, -0.05) is 12.2 Å². The molecule has 1 aliphatic rings. The predicted octanol–water partition coefficient (Wildman–Crippen LogP) is 1.33. The van der Waals surface area contributed by atoms with Crippen molar-refractivity contribution in [2.45, 2.75) is 33.1 Å². The summed E-state index contributed by atoms with van der Waals surface area (Å²) < 4.78 is 0. The molecular formula is C13H22N2O2. The summed E-state index contributed by atoms with van der Waals surface area (Å²) >= 11 is 0. The molecule has 17 heavy (non-hydrogen) atoms. The molecule has 0 heterocycles. The van der Waals surface area contributed by atoms with Gasteiger partial charge in [-0.05, 0) is 33.1 Å². The van der Waals surface area contributed by atoms with Crippen molar-refractivity contribution < 1.29 is 9.59 Å². The largest absolute Gasteiger partial charge is 0.355 e. The molecule has 2 amide bonds. The minimum atomic E-state index is -0.0750. The summed E-state index contributed by atoms with van der Waals surface area (Å²) in [4.78, 5) is 25.3. The first kappa shape index (κ1) is 13.7. The van der Waals surface area contributed by atoms with Crippen molar-refractivity contribution in [2.24, 2.45) is 5.92 Å². The molecule has 1 unspecified atom stereocenters. The zero-order valence-electron chi connectivity index (χ0n) is 10.7. The van der Waals surface area contributed by atoms with Crippen LogP contribution in [0.2, 0.25) is 0 Å². The number of amides is 2. The fourth-order valence-electron chi connectivity index (χ4n) is 2.05. The van der Waals surface area contributed by atoms with Gasteiger partial charge in [0.1, 0.15) is 0 Å². The lowest BCUT2D eigenvalue weighted by Crippen LogP contribution is -2.43. The SMILES string of the molecule is CCNC(=O)CN(CC)C(=O)C1CC=CCC1. The second-order valence-electron chi connectivity index (χ2n) is 4.29. The van der Waals surface area contributed by atoms with Gasteiger partial charge in [0.05, 0.1) is 6.54 Å². The van der Waals surface area contributed by atoms with E-state index >= 15 is 0 Å². The third-order valence-electron chi connectivity index (χ3n) is 3.02. The van der Waals surface area contributed by atoms with Gasteiger partial charge in [-0.2, -0.15) is 0 Å². The lowest BCUT2D eigenvalue weighted by molar-refractivity contribution is -0.139. The number of carbonyl (C=O) groups excluding carboxylic acids is 2. The Labute approximate surface area is 103 Å². The quantitative estimate of drug-likeness (QED) is 0.735. The summed E-state index contributed by atoms with van der Waals surface area (Å²) in [6, 6.07) is 0. The van der Waals surface area contributed by atoms with E-state index in [2.05, 4.69) is 17.5 Å². The Hall–Kier alpha value is -1.32. The molecule has 0 aromatic carbocycles. The summed E-state index contributed by atoms with van der Waals surface area (Å²) in [5.74, 6) is 0.103. The van der Waals surface area contributed by atoms with Crippen molar-refractivity contribution in [3.63, 3.8) is 0 Å². The number of allylic oxidation sites excluding steroid dienone is 2. The van der Waals surface area contributed by atoms with E-state index in [-0.39, 0.29) is 24.3 Å². The van der Waals surface area contributed by atoms with Crippen molar-refractivity contribution in [1.29, 1.82) is 0 Å². The fourth-order valence-corrected chi connectivity index (χ4v) is 2.05. The molecule has 0 aromatic heterocycles. The van der Waals surface area contributed by atoms with Crippen LogP contribution < -0.4 is 5.32 Å². The molecule has 96 valence electrons. The van der Waals surface area contributed by atoms with Crippen LogP contribution in [-0.2, 0) is 9.59 Å². The first-order valence-electron chi connectivity index (χ1n) is 6.39. The number of nitrogens with zero attached hydrogens (tertiary/aromatic N) is 1. The summed E-state index contributed by atoms with van der Waals surface area (Å²) in [6.45, 7) is 5.17. The predicted molar refractivity (Wildman–Crippen MR) is 67.4 cm³/mol. The molecule has 0 aromatic rings. The molecule has 1 atom stereocenters. The fraction of sp³-hybridized carbons (Fsp3) is 0.692. The molecular weight excluding hydrogens is 216 g/mol. The van der Waals surface area contributed by atoms with Gasteiger partial charge >= 0.3 is 0 Å². The van der Waals surface area contributed by atoms with E-state index in [1.165, 1.54) is 0 Å². The smallest absolute Gasteiger partial charge is 0.239 e. The van der Waals surface area contributed by atoms with Gasteiger partial charge in [0, 0.05) is 19.0 Å². The van der Waals surface area contributed by atoms with Crippen LogP contribution in [0.1, 0.15) is 33.1 Å². The average Bonchev–Trinajstić information content (AvgIpc) is 2.36. The first-order valence-corrected chi connectivity index (χ1v) is 6.39. The van der Waals surface area contributed by atoms with E-state index in [0.29, 0.717) is 13.1 Å². The Kier molecular flexibility index (Phi) is 5.73. The van der Waals surface area contributed by atoms with Crippen molar-refractivity contribution in [3.8, 4) is 0 Å². The van der Waals surface area contributed by atoms with E-state index in [4.69, 9.17) is 0 Å². The van der Waals surface area contributed by atoms with E-state index in [0.717, 1.165) is 19.3 Å². The maximum atomic E-state index is 12.2.